The number of carboxylic acids is 1. The molecule has 17 heavy (non-hydrogen) atoms. The lowest BCUT2D eigenvalue weighted by Gasteiger charge is -2.33. The van der Waals surface area contributed by atoms with Gasteiger partial charge in [-0.3, -0.25) is 4.79 Å². The van der Waals surface area contributed by atoms with E-state index < -0.39 is 5.97 Å². The molecule has 1 aliphatic carbocycles. The Morgan fingerprint density at radius 3 is 2.41 bits per heavy atom. The summed E-state index contributed by atoms with van der Waals surface area (Å²) in [5.74, 6) is 0.118. The smallest absolute Gasteiger partial charge is 0.303 e. The Hall–Kier alpha value is -1.31. The molecule has 0 aliphatic heterocycles. The summed E-state index contributed by atoms with van der Waals surface area (Å²) in [6, 6.07) is 8.49. The first kappa shape index (κ1) is 12.2. The van der Waals surface area contributed by atoms with Crippen LogP contribution in [0.4, 0.5) is 0 Å². The molecule has 0 bridgehead atoms. The van der Waals surface area contributed by atoms with Gasteiger partial charge in [0.15, 0.2) is 0 Å². The first-order valence-corrected chi connectivity index (χ1v) is 6.51. The Labute approximate surface area is 103 Å². The van der Waals surface area contributed by atoms with Gasteiger partial charge in [0.1, 0.15) is 0 Å². The molecule has 0 radical (unpaired) electrons. The molecule has 1 saturated carbocycles. The van der Waals surface area contributed by atoms with E-state index in [4.69, 9.17) is 5.11 Å². The topological polar surface area (TPSA) is 37.3 Å². The van der Waals surface area contributed by atoms with Crippen LogP contribution in [0.5, 0.6) is 0 Å². The van der Waals surface area contributed by atoms with Gasteiger partial charge in [0.05, 0.1) is 6.42 Å². The summed E-state index contributed by atoms with van der Waals surface area (Å²) >= 11 is 0. The lowest BCUT2D eigenvalue weighted by Crippen LogP contribution is -2.22. The van der Waals surface area contributed by atoms with Crippen LogP contribution in [0.15, 0.2) is 24.3 Å². The molecule has 1 atom stereocenters. The Bertz CT molecular complexity index is 376. The number of aryl methyl sites for hydroxylation is 1. The van der Waals surface area contributed by atoms with Crippen LogP contribution < -0.4 is 0 Å². The summed E-state index contributed by atoms with van der Waals surface area (Å²) in [6.07, 6.45) is 4.94. The summed E-state index contributed by atoms with van der Waals surface area (Å²) in [5, 5.41) is 9.01. The number of carboxylic acid groups (broad SMARTS) is 1. The molecule has 1 N–H and O–H groups in total. The van der Waals surface area contributed by atoms with Gasteiger partial charge in [-0.2, -0.15) is 0 Å². The fraction of sp³-hybridized carbons (Fsp3) is 0.533. The van der Waals surface area contributed by atoms with Crippen LogP contribution in [0.1, 0.15) is 49.7 Å². The zero-order chi connectivity index (χ0) is 12.3. The van der Waals surface area contributed by atoms with Crippen molar-refractivity contribution in [1.29, 1.82) is 0 Å². The van der Waals surface area contributed by atoms with E-state index in [1.54, 1.807) is 0 Å². The van der Waals surface area contributed by atoms with Crippen LogP contribution in [0, 0.1) is 5.92 Å². The van der Waals surface area contributed by atoms with E-state index in [2.05, 4.69) is 31.2 Å². The molecule has 0 heterocycles. The number of carbonyl (C=O) groups is 1. The third-order valence-electron chi connectivity index (χ3n) is 3.93. The average molecular weight is 232 g/mol. The molecule has 0 spiro atoms. The molecule has 0 aromatic heterocycles. The average Bonchev–Trinajstić information content (AvgIpc) is 2.25. The van der Waals surface area contributed by atoms with Crippen LogP contribution in [-0.2, 0) is 11.2 Å². The molecule has 0 amide bonds. The molecule has 2 heteroatoms. The Morgan fingerprint density at radius 1 is 1.35 bits per heavy atom. The van der Waals surface area contributed by atoms with E-state index in [1.165, 1.54) is 30.4 Å². The lowest BCUT2D eigenvalue weighted by molar-refractivity contribution is -0.138. The third-order valence-corrected chi connectivity index (χ3v) is 3.93. The van der Waals surface area contributed by atoms with Crippen molar-refractivity contribution in [3.05, 3.63) is 35.4 Å². The van der Waals surface area contributed by atoms with Gasteiger partial charge >= 0.3 is 5.97 Å². The van der Waals surface area contributed by atoms with Crippen molar-refractivity contribution in [2.24, 2.45) is 5.92 Å². The van der Waals surface area contributed by atoms with Crippen molar-refractivity contribution in [3.63, 3.8) is 0 Å². The van der Waals surface area contributed by atoms with Gasteiger partial charge in [-0.25, -0.2) is 0 Å². The number of rotatable bonds is 5. The van der Waals surface area contributed by atoms with E-state index in [0.29, 0.717) is 5.92 Å². The highest BCUT2D eigenvalue weighted by Gasteiger charge is 2.29. The van der Waals surface area contributed by atoms with Gasteiger partial charge in [-0.05, 0) is 42.2 Å². The second-order valence-corrected chi connectivity index (χ2v) is 4.99. The highest BCUT2D eigenvalue weighted by atomic mass is 16.4. The maximum absolute atomic E-state index is 11.0. The van der Waals surface area contributed by atoms with Gasteiger partial charge in [0, 0.05) is 0 Å². The van der Waals surface area contributed by atoms with Crippen molar-refractivity contribution in [1.82, 2.24) is 0 Å². The summed E-state index contributed by atoms with van der Waals surface area (Å²) in [7, 11) is 0. The molecule has 2 rings (SSSR count). The van der Waals surface area contributed by atoms with E-state index in [1.807, 2.05) is 0 Å². The second-order valence-electron chi connectivity index (χ2n) is 4.99. The molecule has 1 unspecified atom stereocenters. The number of benzene rings is 1. The molecule has 2 nitrogen and oxygen atoms in total. The van der Waals surface area contributed by atoms with E-state index in [-0.39, 0.29) is 12.3 Å². The van der Waals surface area contributed by atoms with Crippen molar-refractivity contribution < 1.29 is 9.90 Å². The minimum atomic E-state index is -0.679. The molecular weight excluding hydrogens is 212 g/mol. The Balaban J connectivity index is 2.15. The first-order chi connectivity index (χ1) is 8.20. The van der Waals surface area contributed by atoms with Crippen molar-refractivity contribution in [2.75, 3.05) is 0 Å². The molecule has 92 valence electrons. The third kappa shape index (κ3) is 2.87. The highest BCUT2D eigenvalue weighted by molar-refractivity contribution is 5.68. The van der Waals surface area contributed by atoms with Gasteiger partial charge < -0.3 is 5.11 Å². The zero-order valence-electron chi connectivity index (χ0n) is 10.4. The quantitative estimate of drug-likeness (QED) is 0.842. The first-order valence-electron chi connectivity index (χ1n) is 6.51. The predicted octanol–water partition coefficient (Wildman–Crippen LogP) is 3.61. The van der Waals surface area contributed by atoms with E-state index in [9.17, 15) is 4.79 Å². The summed E-state index contributed by atoms with van der Waals surface area (Å²) in [6.45, 7) is 2.13. The summed E-state index contributed by atoms with van der Waals surface area (Å²) < 4.78 is 0. The normalized spacial score (nSPS) is 17.5. The number of hydrogen-bond donors (Lipinski definition) is 1. The maximum atomic E-state index is 11.0. The Morgan fingerprint density at radius 2 is 2.00 bits per heavy atom. The van der Waals surface area contributed by atoms with Crippen LogP contribution in [0.2, 0.25) is 0 Å². The van der Waals surface area contributed by atoms with Crippen LogP contribution in [0.3, 0.4) is 0 Å². The van der Waals surface area contributed by atoms with Crippen LogP contribution in [-0.4, -0.2) is 11.1 Å². The highest BCUT2D eigenvalue weighted by Crippen LogP contribution is 2.41. The second kappa shape index (κ2) is 5.35. The van der Waals surface area contributed by atoms with E-state index in [0.717, 1.165) is 6.42 Å². The molecule has 1 fully saturated rings. The number of hydrogen-bond acceptors (Lipinski definition) is 1. The lowest BCUT2D eigenvalue weighted by atomic mass is 9.71. The van der Waals surface area contributed by atoms with Crippen LogP contribution in [0.25, 0.3) is 0 Å². The fourth-order valence-electron chi connectivity index (χ4n) is 2.59. The summed E-state index contributed by atoms with van der Waals surface area (Å²) in [5.41, 5.74) is 2.52. The summed E-state index contributed by atoms with van der Waals surface area (Å²) in [4.78, 5) is 11.0. The molecule has 1 aliphatic rings. The van der Waals surface area contributed by atoms with E-state index >= 15 is 0 Å². The minimum Gasteiger partial charge on any atom is -0.481 e. The van der Waals surface area contributed by atoms with Crippen LogP contribution >= 0.6 is 0 Å². The van der Waals surface area contributed by atoms with Gasteiger partial charge in [0.2, 0.25) is 0 Å². The molecular formula is C15H20O2. The van der Waals surface area contributed by atoms with Gasteiger partial charge in [-0.15, -0.1) is 0 Å². The predicted molar refractivity (Wildman–Crippen MR) is 68.2 cm³/mol. The SMILES string of the molecule is CCc1ccc(C(CC(=O)O)C2CCC2)cc1. The largest absolute Gasteiger partial charge is 0.481 e. The molecule has 1 aromatic carbocycles. The minimum absolute atomic E-state index is 0.215. The standard InChI is InChI=1S/C15H20O2/c1-2-11-6-8-13(9-7-11)14(10-15(16)17)12-4-3-5-12/h6-9,12,14H,2-5,10H2,1H3,(H,16,17). The fourth-order valence-corrected chi connectivity index (χ4v) is 2.59. The monoisotopic (exact) mass is 232 g/mol. The van der Waals surface area contributed by atoms with Gasteiger partial charge in [-0.1, -0.05) is 37.6 Å². The number of aliphatic carboxylic acids is 1. The molecule has 1 aromatic rings. The van der Waals surface area contributed by atoms with Gasteiger partial charge in [0.25, 0.3) is 0 Å². The maximum Gasteiger partial charge on any atom is 0.303 e. The Kier molecular flexibility index (Phi) is 3.82. The van der Waals surface area contributed by atoms with Crippen molar-refractivity contribution in [3.8, 4) is 0 Å². The zero-order valence-corrected chi connectivity index (χ0v) is 10.4. The van der Waals surface area contributed by atoms with Crippen molar-refractivity contribution in [2.45, 2.75) is 44.9 Å². The van der Waals surface area contributed by atoms with Crippen molar-refractivity contribution >= 4 is 5.97 Å². The molecule has 0 saturated heterocycles.